The van der Waals surface area contributed by atoms with Gasteiger partial charge in [-0.1, -0.05) is 42.3 Å². The summed E-state index contributed by atoms with van der Waals surface area (Å²) < 4.78 is 19.7. The van der Waals surface area contributed by atoms with Crippen LogP contribution in [0, 0.1) is 5.82 Å². The summed E-state index contributed by atoms with van der Waals surface area (Å²) >= 11 is 11.9. The number of halogens is 3. The number of hydrogen-bond donors (Lipinski definition) is 1. The number of ether oxygens (including phenoxy) is 1. The van der Waals surface area contributed by atoms with Crippen molar-refractivity contribution in [2.45, 2.75) is 25.8 Å². The van der Waals surface area contributed by atoms with Crippen LogP contribution >= 0.6 is 23.2 Å². The van der Waals surface area contributed by atoms with E-state index in [-0.39, 0.29) is 11.8 Å². The summed E-state index contributed by atoms with van der Waals surface area (Å²) in [4.78, 5) is 0. The molecule has 5 heteroatoms. The largest absolute Gasteiger partial charge is 0.452 e. The van der Waals surface area contributed by atoms with E-state index in [0.717, 1.165) is 12.0 Å². The fraction of sp³-hybridized carbons (Fsp3) is 0.250. The van der Waals surface area contributed by atoms with Gasteiger partial charge < -0.3 is 10.5 Å². The molecule has 2 nitrogen and oxygen atoms in total. The number of hydrogen-bond acceptors (Lipinski definition) is 2. The zero-order chi connectivity index (χ0) is 15.4. The van der Waals surface area contributed by atoms with Crippen LogP contribution in [0.5, 0.6) is 11.5 Å². The van der Waals surface area contributed by atoms with Crippen molar-refractivity contribution in [1.82, 2.24) is 0 Å². The molecule has 0 spiro atoms. The van der Waals surface area contributed by atoms with Crippen LogP contribution in [-0.2, 0) is 6.42 Å². The molecule has 0 amide bonds. The third kappa shape index (κ3) is 4.10. The Kier molecular flexibility index (Phi) is 5.45. The van der Waals surface area contributed by atoms with E-state index in [9.17, 15) is 4.39 Å². The van der Waals surface area contributed by atoms with Crippen LogP contribution in [0.2, 0.25) is 10.0 Å². The fourth-order valence-electron chi connectivity index (χ4n) is 1.92. The molecule has 0 aromatic heterocycles. The highest BCUT2D eigenvalue weighted by atomic mass is 35.5. The van der Waals surface area contributed by atoms with Crippen molar-refractivity contribution in [3.8, 4) is 11.5 Å². The number of rotatable bonds is 5. The van der Waals surface area contributed by atoms with Crippen molar-refractivity contribution in [2.75, 3.05) is 0 Å². The van der Waals surface area contributed by atoms with E-state index in [2.05, 4.69) is 0 Å². The maximum atomic E-state index is 14.1. The fourth-order valence-corrected chi connectivity index (χ4v) is 2.37. The van der Waals surface area contributed by atoms with Gasteiger partial charge in [0, 0.05) is 11.1 Å². The molecule has 0 aliphatic carbocycles. The first kappa shape index (κ1) is 16.1. The van der Waals surface area contributed by atoms with Crippen LogP contribution in [0.3, 0.4) is 0 Å². The summed E-state index contributed by atoms with van der Waals surface area (Å²) in [6.07, 6.45) is 1.34. The van der Waals surface area contributed by atoms with Crippen LogP contribution in [-0.4, -0.2) is 6.04 Å². The molecule has 0 fully saturated rings. The lowest BCUT2D eigenvalue weighted by Crippen LogP contribution is -2.21. The number of para-hydroxylation sites is 1. The Hall–Kier alpha value is -1.29. The molecule has 0 heterocycles. The smallest absolute Gasteiger partial charge is 0.166 e. The van der Waals surface area contributed by atoms with Gasteiger partial charge in [0.1, 0.15) is 5.75 Å². The van der Waals surface area contributed by atoms with Gasteiger partial charge in [-0.05, 0) is 42.7 Å². The first-order chi connectivity index (χ1) is 10.0. The van der Waals surface area contributed by atoms with Crippen LogP contribution in [0.15, 0.2) is 36.4 Å². The van der Waals surface area contributed by atoms with Gasteiger partial charge >= 0.3 is 0 Å². The average Bonchev–Trinajstić information content (AvgIpc) is 2.44. The Balaban J connectivity index is 2.34. The molecule has 0 bridgehead atoms. The van der Waals surface area contributed by atoms with Crippen molar-refractivity contribution < 1.29 is 9.13 Å². The molecule has 0 saturated heterocycles. The Bertz CT molecular complexity index is 634. The second kappa shape index (κ2) is 7.12. The van der Waals surface area contributed by atoms with Crippen LogP contribution < -0.4 is 10.5 Å². The number of nitrogens with two attached hydrogens (primary N) is 1. The van der Waals surface area contributed by atoms with E-state index in [1.54, 1.807) is 30.3 Å². The zero-order valence-corrected chi connectivity index (χ0v) is 13.1. The van der Waals surface area contributed by atoms with Gasteiger partial charge in [-0.3, -0.25) is 0 Å². The second-order valence-electron chi connectivity index (χ2n) is 4.78. The summed E-state index contributed by atoms with van der Waals surface area (Å²) in [6, 6.07) is 9.55. The molecular weight excluding hydrogens is 312 g/mol. The van der Waals surface area contributed by atoms with Crippen LogP contribution in [0.25, 0.3) is 0 Å². The van der Waals surface area contributed by atoms with E-state index in [1.807, 2.05) is 6.92 Å². The molecule has 0 radical (unpaired) electrons. The average molecular weight is 328 g/mol. The van der Waals surface area contributed by atoms with E-state index in [1.165, 1.54) is 6.07 Å². The summed E-state index contributed by atoms with van der Waals surface area (Å²) in [5.41, 5.74) is 6.66. The van der Waals surface area contributed by atoms with Crippen LogP contribution in [0.4, 0.5) is 4.39 Å². The summed E-state index contributed by atoms with van der Waals surface area (Å²) in [5, 5.41) is 0.825. The van der Waals surface area contributed by atoms with E-state index in [0.29, 0.717) is 22.2 Å². The molecule has 2 aromatic carbocycles. The van der Waals surface area contributed by atoms with Gasteiger partial charge in [-0.25, -0.2) is 4.39 Å². The van der Waals surface area contributed by atoms with E-state index in [4.69, 9.17) is 33.7 Å². The van der Waals surface area contributed by atoms with E-state index >= 15 is 0 Å². The summed E-state index contributed by atoms with van der Waals surface area (Å²) in [6.45, 7) is 1.99. The lowest BCUT2D eigenvalue weighted by atomic mass is 10.0. The minimum absolute atomic E-state index is 0.0464. The highest BCUT2D eigenvalue weighted by Crippen LogP contribution is 2.35. The maximum absolute atomic E-state index is 14.1. The monoisotopic (exact) mass is 327 g/mol. The third-order valence-corrected chi connectivity index (χ3v) is 3.69. The van der Waals surface area contributed by atoms with Crippen molar-refractivity contribution in [3.63, 3.8) is 0 Å². The molecule has 2 N–H and O–H groups in total. The van der Waals surface area contributed by atoms with Gasteiger partial charge in [0.2, 0.25) is 0 Å². The first-order valence-corrected chi connectivity index (χ1v) is 7.42. The molecule has 0 saturated carbocycles. The molecule has 2 rings (SSSR count). The van der Waals surface area contributed by atoms with Gasteiger partial charge in [0.15, 0.2) is 11.6 Å². The Labute approximate surface area is 133 Å². The minimum Gasteiger partial charge on any atom is -0.452 e. The maximum Gasteiger partial charge on any atom is 0.166 e. The number of benzene rings is 2. The Morgan fingerprint density at radius 2 is 2.00 bits per heavy atom. The standard InChI is InChI=1S/C16H16Cl2FNO/c1-2-12(20)8-10-4-3-5-14(19)16(10)21-15-7-6-11(17)9-13(15)18/h3-7,9,12H,2,8,20H2,1H3. The highest BCUT2D eigenvalue weighted by molar-refractivity contribution is 6.35. The molecule has 1 atom stereocenters. The first-order valence-electron chi connectivity index (χ1n) is 6.67. The van der Waals surface area contributed by atoms with Crippen molar-refractivity contribution in [1.29, 1.82) is 0 Å². The predicted molar refractivity (Wildman–Crippen MR) is 84.9 cm³/mol. The SMILES string of the molecule is CCC(N)Cc1cccc(F)c1Oc1ccc(Cl)cc1Cl. The van der Waals surface area contributed by atoms with Gasteiger partial charge in [0.25, 0.3) is 0 Å². The minimum atomic E-state index is -0.443. The zero-order valence-electron chi connectivity index (χ0n) is 11.6. The van der Waals surface area contributed by atoms with E-state index < -0.39 is 5.82 Å². The van der Waals surface area contributed by atoms with Gasteiger partial charge in [-0.15, -0.1) is 0 Å². The quantitative estimate of drug-likeness (QED) is 0.818. The normalized spacial score (nSPS) is 12.2. The lowest BCUT2D eigenvalue weighted by Gasteiger charge is -2.15. The highest BCUT2D eigenvalue weighted by Gasteiger charge is 2.15. The molecule has 2 aromatic rings. The summed E-state index contributed by atoms with van der Waals surface area (Å²) in [7, 11) is 0. The molecule has 1 unspecified atom stereocenters. The molecule has 112 valence electrons. The Morgan fingerprint density at radius 1 is 1.24 bits per heavy atom. The van der Waals surface area contributed by atoms with Crippen molar-refractivity contribution in [3.05, 3.63) is 57.8 Å². The van der Waals surface area contributed by atoms with Gasteiger partial charge in [0.05, 0.1) is 5.02 Å². The van der Waals surface area contributed by atoms with Crippen LogP contribution in [0.1, 0.15) is 18.9 Å². The van der Waals surface area contributed by atoms with Crippen molar-refractivity contribution in [2.24, 2.45) is 5.73 Å². The second-order valence-corrected chi connectivity index (χ2v) is 5.62. The van der Waals surface area contributed by atoms with Gasteiger partial charge in [-0.2, -0.15) is 0 Å². The predicted octanol–water partition coefficient (Wildman–Crippen LogP) is 5.20. The topological polar surface area (TPSA) is 35.2 Å². The lowest BCUT2D eigenvalue weighted by molar-refractivity contribution is 0.433. The molecule has 0 aliphatic heterocycles. The molecule has 0 aliphatic rings. The third-order valence-electron chi connectivity index (χ3n) is 3.16. The summed E-state index contributed by atoms with van der Waals surface area (Å²) in [5.74, 6) is 0.0740. The molecular formula is C16H16Cl2FNO. The Morgan fingerprint density at radius 3 is 2.67 bits per heavy atom. The molecule has 21 heavy (non-hydrogen) atoms. The van der Waals surface area contributed by atoms with Crippen molar-refractivity contribution >= 4 is 23.2 Å².